The molecule has 0 fully saturated rings. The first-order valence-corrected chi connectivity index (χ1v) is 8.24. The quantitative estimate of drug-likeness (QED) is 0.922. The molecule has 2 aromatic rings. The molecule has 0 amide bonds. The Morgan fingerprint density at radius 3 is 2.10 bits per heavy atom. The van der Waals surface area contributed by atoms with Gasteiger partial charge in [-0.3, -0.25) is 4.31 Å². The fourth-order valence-electron chi connectivity index (χ4n) is 2.05. The number of benzene rings is 2. The summed E-state index contributed by atoms with van der Waals surface area (Å²) in [7, 11) is -1.97. The second-order valence-corrected chi connectivity index (χ2v) is 6.96. The number of hydrogen-bond acceptors (Lipinski definition) is 3. The third-order valence-electron chi connectivity index (χ3n) is 3.41. The van der Waals surface area contributed by atoms with Gasteiger partial charge >= 0.3 is 0 Å². The van der Waals surface area contributed by atoms with Crippen molar-refractivity contribution in [2.24, 2.45) is 5.73 Å². The zero-order valence-corrected chi connectivity index (χ0v) is 13.1. The molecule has 0 aliphatic rings. The van der Waals surface area contributed by atoms with Crippen molar-refractivity contribution in [2.75, 3.05) is 17.9 Å². The van der Waals surface area contributed by atoms with Gasteiger partial charge in [0.1, 0.15) is 0 Å². The van der Waals surface area contributed by atoms with E-state index in [0.29, 0.717) is 12.2 Å². The van der Waals surface area contributed by atoms with Crippen LogP contribution in [-0.2, 0) is 16.4 Å². The first-order chi connectivity index (χ1) is 9.95. The van der Waals surface area contributed by atoms with E-state index in [9.17, 15) is 8.42 Å². The second kappa shape index (κ2) is 6.28. The molecule has 4 nitrogen and oxygen atoms in total. The summed E-state index contributed by atoms with van der Waals surface area (Å²) in [6.07, 6.45) is 0.744. The molecule has 0 aliphatic heterocycles. The lowest BCUT2D eigenvalue weighted by Gasteiger charge is -2.19. The van der Waals surface area contributed by atoms with Gasteiger partial charge in [-0.25, -0.2) is 8.42 Å². The molecule has 0 aromatic heterocycles. The van der Waals surface area contributed by atoms with E-state index < -0.39 is 10.0 Å². The average Bonchev–Trinajstić information content (AvgIpc) is 2.48. The number of aryl methyl sites for hydroxylation is 1. The van der Waals surface area contributed by atoms with Gasteiger partial charge in [0.2, 0.25) is 0 Å². The maximum atomic E-state index is 12.6. The number of sulfonamides is 1. The minimum atomic E-state index is -3.53. The van der Waals surface area contributed by atoms with E-state index in [4.69, 9.17) is 5.73 Å². The summed E-state index contributed by atoms with van der Waals surface area (Å²) in [5.74, 6) is 0. The van der Waals surface area contributed by atoms with Gasteiger partial charge in [0.25, 0.3) is 10.0 Å². The van der Waals surface area contributed by atoms with E-state index in [1.165, 1.54) is 4.31 Å². The van der Waals surface area contributed by atoms with Crippen LogP contribution in [0.2, 0.25) is 0 Å². The second-order valence-electron chi connectivity index (χ2n) is 4.99. The molecule has 2 aromatic carbocycles. The Balaban J connectivity index is 2.30. The van der Waals surface area contributed by atoms with Crippen molar-refractivity contribution in [3.05, 3.63) is 59.7 Å². The highest BCUT2D eigenvalue weighted by atomic mass is 32.2. The van der Waals surface area contributed by atoms with Crippen LogP contribution in [0.4, 0.5) is 5.69 Å². The van der Waals surface area contributed by atoms with Gasteiger partial charge in [-0.05, 0) is 49.7 Å². The summed E-state index contributed by atoms with van der Waals surface area (Å²) in [4.78, 5) is 0.284. The van der Waals surface area contributed by atoms with Gasteiger partial charge in [-0.2, -0.15) is 0 Å². The van der Waals surface area contributed by atoms with Crippen molar-refractivity contribution >= 4 is 15.7 Å². The third-order valence-corrected chi connectivity index (χ3v) is 5.21. The van der Waals surface area contributed by atoms with Crippen molar-refractivity contribution in [1.82, 2.24) is 0 Å². The van der Waals surface area contributed by atoms with Gasteiger partial charge in [-0.1, -0.05) is 29.8 Å². The molecule has 0 unspecified atom stereocenters. The molecule has 2 N–H and O–H groups in total. The molecule has 0 spiro atoms. The van der Waals surface area contributed by atoms with Crippen LogP contribution in [0.5, 0.6) is 0 Å². The van der Waals surface area contributed by atoms with Crippen molar-refractivity contribution < 1.29 is 8.42 Å². The normalized spacial score (nSPS) is 11.4. The van der Waals surface area contributed by atoms with E-state index in [2.05, 4.69) is 0 Å². The van der Waals surface area contributed by atoms with Crippen molar-refractivity contribution in [1.29, 1.82) is 0 Å². The average molecular weight is 304 g/mol. The monoisotopic (exact) mass is 304 g/mol. The molecule has 5 heteroatoms. The lowest BCUT2D eigenvalue weighted by atomic mass is 10.2. The minimum Gasteiger partial charge on any atom is -0.330 e. The lowest BCUT2D eigenvalue weighted by Crippen LogP contribution is -2.26. The SMILES string of the molecule is Cc1ccc(N(C)S(=O)(=O)c2ccc(CCN)cc2)cc1. The smallest absolute Gasteiger partial charge is 0.264 e. The summed E-state index contributed by atoms with van der Waals surface area (Å²) in [5.41, 5.74) is 8.27. The van der Waals surface area contributed by atoms with Gasteiger partial charge in [0.05, 0.1) is 10.6 Å². The fourth-order valence-corrected chi connectivity index (χ4v) is 3.24. The summed E-state index contributed by atoms with van der Waals surface area (Å²) < 4.78 is 26.5. The number of hydrogen-bond donors (Lipinski definition) is 1. The van der Waals surface area contributed by atoms with Crippen LogP contribution in [0.1, 0.15) is 11.1 Å². The molecule has 0 heterocycles. The largest absolute Gasteiger partial charge is 0.330 e. The highest BCUT2D eigenvalue weighted by Gasteiger charge is 2.20. The summed E-state index contributed by atoms with van der Waals surface area (Å²) in [6.45, 7) is 2.52. The maximum Gasteiger partial charge on any atom is 0.264 e. The van der Waals surface area contributed by atoms with Crippen LogP contribution in [0, 0.1) is 6.92 Å². The molecule has 0 atom stereocenters. The first-order valence-electron chi connectivity index (χ1n) is 6.80. The zero-order chi connectivity index (χ0) is 15.5. The van der Waals surface area contributed by atoms with Crippen molar-refractivity contribution in [2.45, 2.75) is 18.2 Å². The van der Waals surface area contributed by atoms with Crippen molar-refractivity contribution in [3.63, 3.8) is 0 Å². The van der Waals surface area contributed by atoms with Crippen molar-refractivity contribution in [3.8, 4) is 0 Å². The third kappa shape index (κ3) is 3.43. The molecular formula is C16H20N2O2S. The molecule has 0 saturated heterocycles. The molecule has 0 aliphatic carbocycles. The Morgan fingerprint density at radius 1 is 1.00 bits per heavy atom. The molecule has 0 radical (unpaired) electrons. The Bertz CT molecular complexity index is 692. The summed E-state index contributed by atoms with van der Waals surface area (Å²) in [5, 5.41) is 0. The van der Waals surface area contributed by atoms with Crippen LogP contribution >= 0.6 is 0 Å². The lowest BCUT2D eigenvalue weighted by molar-refractivity contribution is 0.594. The number of nitrogens with two attached hydrogens (primary N) is 1. The molecular weight excluding hydrogens is 284 g/mol. The fraction of sp³-hybridized carbons (Fsp3) is 0.250. The Morgan fingerprint density at radius 2 is 1.57 bits per heavy atom. The maximum absolute atomic E-state index is 12.6. The molecule has 2 rings (SSSR count). The molecule has 0 saturated carbocycles. The zero-order valence-electron chi connectivity index (χ0n) is 12.3. The van der Waals surface area contributed by atoms with E-state index in [1.807, 2.05) is 31.2 Å². The first kappa shape index (κ1) is 15.5. The Hall–Kier alpha value is -1.85. The van der Waals surface area contributed by atoms with Crippen LogP contribution < -0.4 is 10.0 Å². The van der Waals surface area contributed by atoms with E-state index in [-0.39, 0.29) is 4.90 Å². The predicted octanol–water partition coefficient (Wildman–Crippen LogP) is 2.32. The standard InChI is InChI=1S/C16H20N2O2S/c1-13-3-7-15(8-4-13)18(2)21(19,20)16-9-5-14(6-10-16)11-12-17/h3-10H,11-12,17H2,1-2H3. The number of nitrogens with zero attached hydrogens (tertiary/aromatic N) is 1. The molecule has 21 heavy (non-hydrogen) atoms. The molecule has 0 bridgehead atoms. The summed E-state index contributed by atoms with van der Waals surface area (Å²) in [6, 6.07) is 14.3. The van der Waals surface area contributed by atoms with Gasteiger partial charge in [0, 0.05) is 7.05 Å². The van der Waals surface area contributed by atoms with Crippen LogP contribution in [0.3, 0.4) is 0 Å². The highest BCUT2D eigenvalue weighted by Crippen LogP contribution is 2.22. The van der Waals surface area contributed by atoms with Crippen LogP contribution in [0.15, 0.2) is 53.4 Å². The summed E-state index contributed by atoms with van der Waals surface area (Å²) >= 11 is 0. The van der Waals surface area contributed by atoms with Gasteiger partial charge < -0.3 is 5.73 Å². The Labute approximate surface area is 126 Å². The van der Waals surface area contributed by atoms with E-state index >= 15 is 0 Å². The Kier molecular flexibility index (Phi) is 4.65. The topological polar surface area (TPSA) is 63.4 Å². The number of anilines is 1. The van der Waals surface area contributed by atoms with E-state index in [0.717, 1.165) is 17.5 Å². The molecule has 112 valence electrons. The van der Waals surface area contributed by atoms with E-state index in [1.54, 1.807) is 31.3 Å². The van der Waals surface area contributed by atoms with Crippen LogP contribution in [-0.4, -0.2) is 22.0 Å². The number of rotatable bonds is 5. The van der Waals surface area contributed by atoms with Crippen LogP contribution in [0.25, 0.3) is 0 Å². The predicted molar refractivity (Wildman–Crippen MR) is 86.0 cm³/mol. The van der Waals surface area contributed by atoms with Gasteiger partial charge in [-0.15, -0.1) is 0 Å². The van der Waals surface area contributed by atoms with Gasteiger partial charge in [0.15, 0.2) is 0 Å². The minimum absolute atomic E-state index is 0.284. The highest BCUT2D eigenvalue weighted by molar-refractivity contribution is 7.92.